The summed E-state index contributed by atoms with van der Waals surface area (Å²) < 4.78 is 0. The molecule has 0 aliphatic rings. The average Bonchev–Trinajstić information content (AvgIpc) is 2.38. The molecule has 0 aromatic carbocycles. The predicted octanol–water partition coefficient (Wildman–Crippen LogP) is 0.414. The lowest BCUT2D eigenvalue weighted by Gasteiger charge is -2.05. The summed E-state index contributed by atoms with van der Waals surface area (Å²) >= 11 is 0. The molecule has 7 heteroatoms. The Kier molecular flexibility index (Phi) is 3.77. The van der Waals surface area contributed by atoms with Gasteiger partial charge in [0.15, 0.2) is 0 Å². The summed E-state index contributed by atoms with van der Waals surface area (Å²) in [5.74, 6) is 1.47. The summed E-state index contributed by atoms with van der Waals surface area (Å²) in [6, 6.07) is 3.44. The molecule has 0 saturated carbocycles. The summed E-state index contributed by atoms with van der Waals surface area (Å²) in [5.41, 5.74) is 0. The monoisotopic (exact) mass is 232 g/mol. The summed E-state index contributed by atoms with van der Waals surface area (Å²) in [6.45, 7) is 0.493. The Bertz CT molecular complexity index is 463. The number of nitrogens with one attached hydrogen (secondary N) is 2. The van der Waals surface area contributed by atoms with Gasteiger partial charge in [-0.2, -0.15) is 4.98 Å². The fourth-order valence-electron chi connectivity index (χ4n) is 1.16. The molecule has 0 radical (unpaired) electrons. The Labute approximate surface area is 98.0 Å². The van der Waals surface area contributed by atoms with Crippen molar-refractivity contribution >= 4 is 17.7 Å². The Hall–Kier alpha value is -2.28. The van der Waals surface area contributed by atoms with Crippen molar-refractivity contribution in [2.24, 2.45) is 0 Å². The Morgan fingerprint density at radius 1 is 1.06 bits per heavy atom. The van der Waals surface area contributed by atoms with Crippen LogP contribution in [0, 0.1) is 0 Å². The second-order valence-electron chi connectivity index (χ2n) is 3.11. The molecular formula is C10H12N6O. The van der Waals surface area contributed by atoms with E-state index in [1.807, 2.05) is 0 Å². The molecule has 88 valence electrons. The van der Waals surface area contributed by atoms with E-state index in [0.29, 0.717) is 24.3 Å². The maximum atomic E-state index is 8.69. The van der Waals surface area contributed by atoms with Gasteiger partial charge in [0.25, 0.3) is 0 Å². The van der Waals surface area contributed by atoms with Crippen LogP contribution in [0.3, 0.4) is 0 Å². The molecule has 17 heavy (non-hydrogen) atoms. The minimum atomic E-state index is 0.0502. The molecule has 2 rings (SSSR count). The summed E-state index contributed by atoms with van der Waals surface area (Å²) in [7, 11) is 0. The van der Waals surface area contributed by atoms with E-state index in [9.17, 15) is 0 Å². The van der Waals surface area contributed by atoms with E-state index in [4.69, 9.17) is 5.11 Å². The number of hydrogen-bond acceptors (Lipinski definition) is 7. The third-order valence-corrected chi connectivity index (χ3v) is 1.86. The molecule has 0 atom stereocenters. The number of anilines is 3. The highest BCUT2D eigenvalue weighted by Crippen LogP contribution is 2.08. The van der Waals surface area contributed by atoms with Gasteiger partial charge in [-0.25, -0.2) is 15.0 Å². The second kappa shape index (κ2) is 5.71. The first kappa shape index (κ1) is 11.2. The van der Waals surface area contributed by atoms with Crippen LogP contribution in [0.1, 0.15) is 0 Å². The fourth-order valence-corrected chi connectivity index (χ4v) is 1.16. The van der Waals surface area contributed by atoms with Crippen molar-refractivity contribution in [1.82, 2.24) is 19.9 Å². The number of aliphatic hydroxyl groups is 1. The molecule has 0 saturated heterocycles. The van der Waals surface area contributed by atoms with E-state index in [0.717, 1.165) is 0 Å². The molecule has 2 aromatic heterocycles. The lowest BCUT2D eigenvalue weighted by Crippen LogP contribution is -2.08. The van der Waals surface area contributed by atoms with Crippen LogP contribution < -0.4 is 10.6 Å². The average molecular weight is 232 g/mol. The van der Waals surface area contributed by atoms with Gasteiger partial charge >= 0.3 is 0 Å². The van der Waals surface area contributed by atoms with Gasteiger partial charge in [-0.15, -0.1) is 0 Å². The number of hydrogen-bond donors (Lipinski definition) is 3. The van der Waals surface area contributed by atoms with Gasteiger partial charge in [0.2, 0.25) is 11.9 Å². The van der Waals surface area contributed by atoms with Crippen LogP contribution in [-0.2, 0) is 0 Å². The van der Waals surface area contributed by atoms with Gasteiger partial charge in [0.05, 0.1) is 6.61 Å². The topological polar surface area (TPSA) is 95.8 Å². The van der Waals surface area contributed by atoms with Crippen LogP contribution in [-0.4, -0.2) is 38.2 Å². The molecule has 0 spiro atoms. The quantitative estimate of drug-likeness (QED) is 0.687. The molecule has 0 aliphatic heterocycles. The van der Waals surface area contributed by atoms with E-state index in [-0.39, 0.29) is 6.61 Å². The smallest absolute Gasteiger partial charge is 0.231 e. The highest BCUT2D eigenvalue weighted by Gasteiger charge is 2.00. The molecule has 7 nitrogen and oxygen atoms in total. The summed E-state index contributed by atoms with van der Waals surface area (Å²) in [6.07, 6.45) is 4.87. The molecule has 2 aromatic rings. The van der Waals surface area contributed by atoms with Gasteiger partial charge in [0, 0.05) is 25.1 Å². The first-order valence-electron chi connectivity index (χ1n) is 5.10. The largest absolute Gasteiger partial charge is 0.395 e. The second-order valence-corrected chi connectivity index (χ2v) is 3.11. The molecule has 0 aliphatic carbocycles. The SMILES string of the molecule is OCCNc1ccnc(Nc2ncccn2)n1. The van der Waals surface area contributed by atoms with Crippen LogP contribution in [0.5, 0.6) is 0 Å². The van der Waals surface area contributed by atoms with Gasteiger partial charge in [-0.1, -0.05) is 0 Å². The van der Waals surface area contributed by atoms with E-state index >= 15 is 0 Å². The van der Waals surface area contributed by atoms with E-state index < -0.39 is 0 Å². The normalized spacial score (nSPS) is 9.94. The number of rotatable bonds is 5. The third-order valence-electron chi connectivity index (χ3n) is 1.86. The third kappa shape index (κ3) is 3.35. The van der Waals surface area contributed by atoms with Gasteiger partial charge < -0.3 is 10.4 Å². The van der Waals surface area contributed by atoms with Crippen molar-refractivity contribution in [3.8, 4) is 0 Å². The molecular weight excluding hydrogens is 220 g/mol. The Morgan fingerprint density at radius 2 is 1.82 bits per heavy atom. The molecule has 0 bridgehead atoms. The Balaban J connectivity index is 2.06. The standard InChI is InChI=1S/C10H12N6O/c17-7-6-11-8-2-5-14-10(15-8)16-9-12-3-1-4-13-9/h1-5,17H,6-7H2,(H2,11,12,13,14,15,16). The van der Waals surface area contributed by atoms with Crippen molar-refractivity contribution < 1.29 is 5.11 Å². The van der Waals surface area contributed by atoms with Crippen LogP contribution in [0.15, 0.2) is 30.7 Å². The van der Waals surface area contributed by atoms with Crippen LogP contribution in [0.25, 0.3) is 0 Å². The molecule has 0 fully saturated rings. The van der Waals surface area contributed by atoms with E-state index in [1.165, 1.54) is 0 Å². The molecule has 3 N–H and O–H groups in total. The summed E-state index contributed by atoms with van der Waals surface area (Å²) in [5, 5.41) is 14.5. The fraction of sp³-hybridized carbons (Fsp3) is 0.200. The lowest BCUT2D eigenvalue weighted by atomic mass is 10.5. The van der Waals surface area contributed by atoms with Crippen molar-refractivity contribution in [3.05, 3.63) is 30.7 Å². The van der Waals surface area contributed by atoms with E-state index in [2.05, 4.69) is 30.6 Å². The van der Waals surface area contributed by atoms with Gasteiger partial charge in [-0.05, 0) is 12.1 Å². The minimum Gasteiger partial charge on any atom is -0.395 e. The first-order valence-corrected chi connectivity index (χ1v) is 5.10. The van der Waals surface area contributed by atoms with E-state index in [1.54, 1.807) is 30.7 Å². The van der Waals surface area contributed by atoms with Crippen LogP contribution >= 0.6 is 0 Å². The maximum Gasteiger partial charge on any atom is 0.231 e. The molecule has 0 unspecified atom stereocenters. The zero-order chi connectivity index (χ0) is 11.9. The zero-order valence-corrected chi connectivity index (χ0v) is 9.04. The van der Waals surface area contributed by atoms with Crippen molar-refractivity contribution in [2.75, 3.05) is 23.8 Å². The minimum absolute atomic E-state index is 0.0502. The number of nitrogens with zero attached hydrogens (tertiary/aromatic N) is 4. The first-order chi connectivity index (χ1) is 8.38. The maximum absolute atomic E-state index is 8.69. The lowest BCUT2D eigenvalue weighted by molar-refractivity contribution is 0.311. The van der Waals surface area contributed by atoms with Crippen molar-refractivity contribution in [1.29, 1.82) is 0 Å². The summed E-state index contributed by atoms with van der Waals surface area (Å²) in [4.78, 5) is 16.2. The highest BCUT2D eigenvalue weighted by molar-refractivity contribution is 5.46. The Morgan fingerprint density at radius 3 is 2.59 bits per heavy atom. The molecule has 2 heterocycles. The van der Waals surface area contributed by atoms with Crippen LogP contribution in [0.4, 0.5) is 17.7 Å². The molecule has 0 amide bonds. The van der Waals surface area contributed by atoms with Crippen LogP contribution in [0.2, 0.25) is 0 Å². The van der Waals surface area contributed by atoms with Crippen molar-refractivity contribution in [2.45, 2.75) is 0 Å². The highest BCUT2D eigenvalue weighted by atomic mass is 16.3. The number of aliphatic hydroxyl groups excluding tert-OH is 1. The number of aromatic nitrogens is 4. The van der Waals surface area contributed by atoms with Gasteiger partial charge in [-0.3, -0.25) is 5.32 Å². The van der Waals surface area contributed by atoms with Gasteiger partial charge in [0.1, 0.15) is 5.82 Å². The zero-order valence-electron chi connectivity index (χ0n) is 9.04. The van der Waals surface area contributed by atoms with Crippen molar-refractivity contribution in [3.63, 3.8) is 0 Å². The predicted molar refractivity (Wildman–Crippen MR) is 62.9 cm³/mol.